The molecule has 112 valence electrons. The quantitative estimate of drug-likeness (QED) is 0.659. The van der Waals surface area contributed by atoms with Gasteiger partial charge in [-0.3, -0.25) is 19.9 Å². The third-order valence-electron chi connectivity index (χ3n) is 2.73. The first kappa shape index (κ1) is 14.9. The predicted octanol–water partition coefficient (Wildman–Crippen LogP) is 1.87. The summed E-state index contributed by atoms with van der Waals surface area (Å²) in [5.74, 6) is -0.914. The highest BCUT2D eigenvalue weighted by Gasteiger charge is 2.24. The molecular formula is C11H11FN4O4S. The molecule has 0 aliphatic rings. The van der Waals surface area contributed by atoms with Gasteiger partial charge in [0.15, 0.2) is 0 Å². The number of benzene rings is 1. The van der Waals surface area contributed by atoms with Crippen molar-refractivity contribution in [3.8, 4) is 0 Å². The zero-order chi connectivity index (χ0) is 15.8. The van der Waals surface area contributed by atoms with Gasteiger partial charge in [-0.1, -0.05) is 0 Å². The van der Waals surface area contributed by atoms with Crippen LogP contribution >= 0.6 is 0 Å². The number of rotatable bonds is 4. The van der Waals surface area contributed by atoms with Gasteiger partial charge in [0.2, 0.25) is 0 Å². The first-order valence-corrected chi connectivity index (χ1v) is 7.19. The van der Waals surface area contributed by atoms with Crippen molar-refractivity contribution in [3.05, 3.63) is 45.5 Å². The molecule has 0 saturated carbocycles. The summed E-state index contributed by atoms with van der Waals surface area (Å²) in [5, 5.41) is 16.9. The molecule has 1 heterocycles. The summed E-state index contributed by atoms with van der Waals surface area (Å²) >= 11 is 0. The highest BCUT2D eigenvalue weighted by atomic mass is 32.2. The largest absolute Gasteiger partial charge is 0.281 e. The Morgan fingerprint density at radius 2 is 2.05 bits per heavy atom. The molecule has 0 radical (unpaired) electrons. The van der Waals surface area contributed by atoms with Crippen molar-refractivity contribution in [3.63, 3.8) is 0 Å². The first-order chi connectivity index (χ1) is 9.72. The molecule has 0 saturated heterocycles. The first-order valence-electron chi connectivity index (χ1n) is 5.70. The van der Waals surface area contributed by atoms with Gasteiger partial charge in [0.25, 0.3) is 15.7 Å². The van der Waals surface area contributed by atoms with Gasteiger partial charge in [-0.25, -0.2) is 12.8 Å². The molecule has 2 aromatic rings. The third-order valence-corrected chi connectivity index (χ3v) is 4.36. The number of nitro groups is 1. The molecular weight excluding hydrogens is 303 g/mol. The van der Waals surface area contributed by atoms with Crippen LogP contribution < -0.4 is 4.72 Å². The molecule has 21 heavy (non-hydrogen) atoms. The maximum Gasteiger partial charge on any atom is 0.271 e. The normalized spacial score (nSPS) is 11.4. The lowest BCUT2D eigenvalue weighted by atomic mass is 10.3. The van der Waals surface area contributed by atoms with E-state index in [0.29, 0.717) is 0 Å². The summed E-state index contributed by atoms with van der Waals surface area (Å²) in [6.07, 6.45) is 0. The highest BCUT2D eigenvalue weighted by molar-refractivity contribution is 7.92. The van der Waals surface area contributed by atoms with Crippen LogP contribution in [0.1, 0.15) is 11.4 Å². The number of aromatic amines is 1. The minimum atomic E-state index is -4.10. The summed E-state index contributed by atoms with van der Waals surface area (Å²) in [6, 6.07) is 2.59. The van der Waals surface area contributed by atoms with Crippen LogP contribution in [0.4, 0.5) is 15.8 Å². The summed E-state index contributed by atoms with van der Waals surface area (Å²) in [7, 11) is -4.10. The number of anilines is 1. The third kappa shape index (κ3) is 2.84. The van der Waals surface area contributed by atoms with Crippen LogP contribution in [-0.2, 0) is 10.0 Å². The molecule has 0 fully saturated rings. The predicted molar refractivity (Wildman–Crippen MR) is 71.9 cm³/mol. The van der Waals surface area contributed by atoms with Gasteiger partial charge in [0.05, 0.1) is 22.0 Å². The lowest BCUT2D eigenvalue weighted by molar-refractivity contribution is -0.384. The molecule has 8 nitrogen and oxygen atoms in total. The number of nitrogens with one attached hydrogen (secondary N) is 2. The van der Waals surface area contributed by atoms with Crippen LogP contribution in [0.5, 0.6) is 0 Å². The second kappa shape index (κ2) is 5.13. The van der Waals surface area contributed by atoms with Gasteiger partial charge in [-0.2, -0.15) is 5.10 Å². The Morgan fingerprint density at radius 1 is 1.38 bits per heavy atom. The van der Waals surface area contributed by atoms with Gasteiger partial charge in [-0.15, -0.1) is 0 Å². The minimum absolute atomic E-state index is 0.117. The van der Waals surface area contributed by atoms with E-state index in [2.05, 4.69) is 10.2 Å². The highest BCUT2D eigenvalue weighted by Crippen LogP contribution is 2.25. The number of sulfonamides is 1. The van der Waals surface area contributed by atoms with Gasteiger partial charge in [0.1, 0.15) is 10.7 Å². The molecule has 0 aliphatic heterocycles. The smallest absolute Gasteiger partial charge is 0.271 e. The van der Waals surface area contributed by atoms with E-state index >= 15 is 0 Å². The average Bonchev–Trinajstić information content (AvgIpc) is 2.71. The van der Waals surface area contributed by atoms with Gasteiger partial charge >= 0.3 is 0 Å². The van der Waals surface area contributed by atoms with E-state index in [1.807, 2.05) is 4.72 Å². The molecule has 1 aromatic heterocycles. The zero-order valence-corrected chi connectivity index (χ0v) is 11.9. The number of hydrogen-bond donors (Lipinski definition) is 2. The van der Waals surface area contributed by atoms with E-state index in [0.717, 1.165) is 18.2 Å². The maximum absolute atomic E-state index is 13.6. The van der Waals surface area contributed by atoms with Crippen molar-refractivity contribution in [2.75, 3.05) is 4.72 Å². The van der Waals surface area contributed by atoms with Crippen molar-refractivity contribution < 1.29 is 17.7 Å². The van der Waals surface area contributed by atoms with E-state index in [4.69, 9.17) is 0 Å². The fourth-order valence-corrected chi connectivity index (χ4v) is 3.27. The van der Waals surface area contributed by atoms with Crippen molar-refractivity contribution in [1.29, 1.82) is 0 Å². The van der Waals surface area contributed by atoms with Crippen molar-refractivity contribution >= 4 is 21.4 Å². The Kier molecular flexibility index (Phi) is 3.64. The van der Waals surface area contributed by atoms with Crippen LogP contribution in [-0.4, -0.2) is 23.5 Å². The molecule has 0 spiro atoms. The molecule has 2 N–H and O–H groups in total. The Balaban J connectivity index is 2.46. The number of halogens is 1. The van der Waals surface area contributed by atoms with Crippen molar-refractivity contribution in [2.24, 2.45) is 0 Å². The molecule has 0 amide bonds. The lowest BCUT2D eigenvalue weighted by Crippen LogP contribution is -2.15. The summed E-state index contributed by atoms with van der Waals surface area (Å²) in [5.41, 5.74) is -0.421. The Hall–Kier alpha value is -2.49. The van der Waals surface area contributed by atoms with Crippen LogP contribution in [0, 0.1) is 29.8 Å². The SMILES string of the molecule is Cc1n[nH]c(C)c1S(=O)(=O)Nc1cc([N+](=O)[O-])ccc1F. The summed E-state index contributed by atoms with van der Waals surface area (Å²) in [6.45, 7) is 2.97. The van der Waals surface area contributed by atoms with Crippen LogP contribution in [0.25, 0.3) is 0 Å². The summed E-state index contributed by atoms with van der Waals surface area (Å²) < 4.78 is 40.1. The molecule has 2 rings (SSSR count). The Morgan fingerprint density at radius 3 is 2.57 bits per heavy atom. The molecule has 0 atom stereocenters. The number of aromatic nitrogens is 2. The molecule has 10 heteroatoms. The maximum atomic E-state index is 13.6. The fourth-order valence-electron chi connectivity index (χ4n) is 1.84. The second-order valence-electron chi connectivity index (χ2n) is 4.29. The number of non-ortho nitro benzene ring substituents is 1. The van der Waals surface area contributed by atoms with Crippen LogP contribution in [0.15, 0.2) is 23.1 Å². The van der Waals surface area contributed by atoms with E-state index < -0.39 is 32.1 Å². The fraction of sp³-hybridized carbons (Fsp3) is 0.182. The van der Waals surface area contributed by atoms with E-state index in [1.165, 1.54) is 13.8 Å². The van der Waals surface area contributed by atoms with Gasteiger partial charge in [0, 0.05) is 12.1 Å². The zero-order valence-electron chi connectivity index (χ0n) is 11.0. The number of aryl methyl sites for hydroxylation is 2. The minimum Gasteiger partial charge on any atom is -0.281 e. The standard InChI is InChI=1S/C11H11FN4O4S/c1-6-11(7(2)14-13-6)21(19,20)15-10-5-8(16(17)18)3-4-9(10)12/h3-5,15H,1-2H3,(H,13,14). The number of hydrogen-bond acceptors (Lipinski definition) is 5. The van der Waals surface area contributed by atoms with Gasteiger partial charge in [-0.05, 0) is 19.9 Å². The number of nitrogens with zero attached hydrogens (tertiary/aromatic N) is 2. The lowest BCUT2D eigenvalue weighted by Gasteiger charge is -2.09. The van der Waals surface area contributed by atoms with E-state index in [-0.39, 0.29) is 16.3 Å². The van der Waals surface area contributed by atoms with Crippen molar-refractivity contribution in [1.82, 2.24) is 10.2 Å². The second-order valence-corrected chi connectivity index (χ2v) is 5.91. The molecule has 0 aliphatic carbocycles. The van der Waals surface area contributed by atoms with E-state index in [9.17, 15) is 22.9 Å². The molecule has 0 unspecified atom stereocenters. The van der Waals surface area contributed by atoms with Crippen molar-refractivity contribution in [2.45, 2.75) is 18.7 Å². The Labute approximate surface area is 119 Å². The van der Waals surface area contributed by atoms with E-state index in [1.54, 1.807) is 0 Å². The monoisotopic (exact) mass is 314 g/mol. The average molecular weight is 314 g/mol. The number of nitro benzene ring substituents is 1. The topological polar surface area (TPSA) is 118 Å². The van der Waals surface area contributed by atoms with Crippen LogP contribution in [0.3, 0.4) is 0 Å². The number of H-pyrrole nitrogens is 1. The van der Waals surface area contributed by atoms with Gasteiger partial charge < -0.3 is 0 Å². The molecule has 1 aromatic carbocycles. The molecule has 0 bridgehead atoms. The van der Waals surface area contributed by atoms with Crippen LogP contribution in [0.2, 0.25) is 0 Å². The Bertz CT molecular complexity index is 796. The summed E-state index contributed by atoms with van der Waals surface area (Å²) in [4.78, 5) is 9.80.